The smallest absolute Gasteiger partial charge is 0.376 e. The molecule has 0 aliphatic carbocycles. The zero-order chi connectivity index (χ0) is 16.8. The van der Waals surface area contributed by atoms with E-state index in [1.165, 1.54) is 12.1 Å². The molecule has 0 bridgehead atoms. The van der Waals surface area contributed by atoms with Crippen molar-refractivity contribution in [2.24, 2.45) is 0 Å². The monoisotopic (exact) mass is 308 g/mol. The maximum atomic E-state index is 11.4. The Hall–Kier alpha value is -2.34. The van der Waals surface area contributed by atoms with Crippen molar-refractivity contribution < 1.29 is 29.6 Å². The van der Waals surface area contributed by atoms with Crippen LogP contribution in [0, 0.1) is 0 Å². The van der Waals surface area contributed by atoms with Crippen molar-refractivity contribution >= 4 is 17.5 Å². The summed E-state index contributed by atoms with van der Waals surface area (Å²) in [6, 6.07) is 7.91. The highest BCUT2D eigenvalue weighted by Gasteiger charge is 2.28. The van der Waals surface area contributed by atoms with Gasteiger partial charge in [-0.15, -0.1) is 0 Å². The molecule has 0 saturated heterocycles. The van der Waals surface area contributed by atoms with Crippen LogP contribution in [0.3, 0.4) is 0 Å². The largest absolute Gasteiger partial charge is 0.478 e. The third-order valence-electron chi connectivity index (χ3n) is 2.90. The van der Waals surface area contributed by atoms with Gasteiger partial charge in [0.2, 0.25) is 0 Å². The van der Waals surface area contributed by atoms with Crippen LogP contribution in [0.25, 0.3) is 5.57 Å². The number of benzene rings is 1. The Balaban J connectivity index is 3.18. The molecular weight excluding hydrogens is 288 g/mol. The van der Waals surface area contributed by atoms with E-state index in [0.717, 1.165) is 6.42 Å². The molecule has 1 aromatic carbocycles. The standard InChI is InChI=1S/C16H20O6/c1-4-10-16(2,3)22-21-13(15(19)20)12(14(17)18)11-8-6-5-7-9-11/h5-9H,4,10H2,1-3H3,(H,17,18)(H,19,20)/b13-12-. The van der Waals surface area contributed by atoms with Gasteiger partial charge in [0.15, 0.2) is 0 Å². The number of carbonyl (C=O) groups is 2. The molecule has 1 rings (SSSR count). The van der Waals surface area contributed by atoms with Crippen LogP contribution in [-0.4, -0.2) is 27.8 Å². The predicted octanol–water partition coefficient (Wildman–Crippen LogP) is 3.09. The molecule has 2 N–H and O–H groups in total. The lowest BCUT2D eigenvalue weighted by Gasteiger charge is -2.23. The fraction of sp³-hybridized carbons (Fsp3) is 0.375. The molecule has 0 aromatic heterocycles. The van der Waals surface area contributed by atoms with Gasteiger partial charge in [-0.3, -0.25) is 0 Å². The first-order chi connectivity index (χ1) is 10.3. The predicted molar refractivity (Wildman–Crippen MR) is 79.8 cm³/mol. The van der Waals surface area contributed by atoms with Crippen LogP contribution in [0.15, 0.2) is 36.1 Å². The second kappa shape index (κ2) is 7.61. The summed E-state index contributed by atoms with van der Waals surface area (Å²) in [4.78, 5) is 32.8. The molecule has 6 nitrogen and oxygen atoms in total. The summed E-state index contributed by atoms with van der Waals surface area (Å²) in [6.07, 6.45) is 1.45. The van der Waals surface area contributed by atoms with Crippen LogP contribution in [-0.2, 0) is 19.4 Å². The van der Waals surface area contributed by atoms with E-state index >= 15 is 0 Å². The number of carboxylic acids is 2. The fourth-order valence-electron chi connectivity index (χ4n) is 1.94. The van der Waals surface area contributed by atoms with Gasteiger partial charge in [-0.25, -0.2) is 9.59 Å². The molecule has 0 saturated carbocycles. The minimum atomic E-state index is -1.51. The van der Waals surface area contributed by atoms with E-state index < -0.39 is 28.9 Å². The van der Waals surface area contributed by atoms with Crippen LogP contribution < -0.4 is 0 Å². The van der Waals surface area contributed by atoms with Crippen LogP contribution in [0.4, 0.5) is 0 Å². The highest BCUT2D eigenvalue weighted by molar-refractivity contribution is 6.20. The third kappa shape index (κ3) is 4.89. The quantitative estimate of drug-likeness (QED) is 0.332. The second-order valence-electron chi connectivity index (χ2n) is 5.36. The van der Waals surface area contributed by atoms with Gasteiger partial charge >= 0.3 is 11.9 Å². The first-order valence-corrected chi connectivity index (χ1v) is 6.90. The van der Waals surface area contributed by atoms with Gasteiger partial charge in [0, 0.05) is 0 Å². The number of carboxylic acid groups (broad SMARTS) is 2. The molecule has 0 atom stereocenters. The van der Waals surface area contributed by atoms with Crippen LogP contribution in [0.1, 0.15) is 39.2 Å². The third-order valence-corrected chi connectivity index (χ3v) is 2.90. The Morgan fingerprint density at radius 1 is 1.09 bits per heavy atom. The summed E-state index contributed by atoms with van der Waals surface area (Å²) < 4.78 is 0. The summed E-state index contributed by atoms with van der Waals surface area (Å²) >= 11 is 0. The van der Waals surface area contributed by atoms with E-state index in [1.807, 2.05) is 6.92 Å². The van der Waals surface area contributed by atoms with Crippen LogP contribution in [0.2, 0.25) is 0 Å². The van der Waals surface area contributed by atoms with Gasteiger partial charge in [-0.05, 0) is 25.8 Å². The lowest BCUT2D eigenvalue weighted by Crippen LogP contribution is -2.26. The van der Waals surface area contributed by atoms with Crippen molar-refractivity contribution in [1.29, 1.82) is 0 Å². The summed E-state index contributed by atoms with van der Waals surface area (Å²) in [5.74, 6) is -3.66. The molecule has 0 unspecified atom stereocenters. The molecule has 0 radical (unpaired) electrons. The van der Waals surface area contributed by atoms with Gasteiger partial charge in [-0.2, -0.15) is 4.89 Å². The first kappa shape index (κ1) is 17.7. The normalized spacial score (nSPS) is 12.5. The summed E-state index contributed by atoms with van der Waals surface area (Å²) in [7, 11) is 0. The van der Waals surface area contributed by atoms with Crippen LogP contribution >= 0.6 is 0 Å². The lowest BCUT2D eigenvalue weighted by molar-refractivity contribution is -0.326. The Morgan fingerprint density at radius 3 is 2.14 bits per heavy atom. The summed E-state index contributed by atoms with van der Waals surface area (Å²) in [6.45, 7) is 5.42. The molecule has 6 heteroatoms. The van der Waals surface area contributed by atoms with E-state index in [4.69, 9.17) is 9.78 Å². The van der Waals surface area contributed by atoms with Crippen molar-refractivity contribution in [3.05, 3.63) is 41.7 Å². The van der Waals surface area contributed by atoms with Crippen molar-refractivity contribution in [3.8, 4) is 0 Å². The Labute approximate surface area is 128 Å². The lowest BCUT2D eigenvalue weighted by atomic mass is 10.0. The number of aliphatic carboxylic acids is 2. The van der Waals surface area contributed by atoms with Gasteiger partial charge < -0.3 is 15.1 Å². The number of rotatable bonds is 8. The van der Waals surface area contributed by atoms with E-state index in [0.29, 0.717) is 6.42 Å². The van der Waals surface area contributed by atoms with Crippen molar-refractivity contribution in [1.82, 2.24) is 0 Å². The number of hydrogen-bond acceptors (Lipinski definition) is 4. The first-order valence-electron chi connectivity index (χ1n) is 6.90. The minimum absolute atomic E-state index is 0.226. The molecule has 0 aliphatic rings. The Bertz CT molecular complexity index is 559. The Morgan fingerprint density at radius 2 is 1.68 bits per heavy atom. The van der Waals surface area contributed by atoms with E-state index in [-0.39, 0.29) is 5.56 Å². The van der Waals surface area contributed by atoms with Gasteiger partial charge in [0.05, 0.1) is 0 Å². The average Bonchev–Trinajstić information content (AvgIpc) is 2.43. The molecule has 1 aromatic rings. The van der Waals surface area contributed by atoms with Gasteiger partial charge in [-0.1, -0.05) is 43.7 Å². The maximum Gasteiger partial charge on any atom is 0.376 e. The van der Waals surface area contributed by atoms with Crippen molar-refractivity contribution in [2.45, 2.75) is 39.2 Å². The molecule has 0 heterocycles. The van der Waals surface area contributed by atoms with Crippen molar-refractivity contribution in [3.63, 3.8) is 0 Å². The molecule has 0 amide bonds. The van der Waals surface area contributed by atoms with Crippen LogP contribution in [0.5, 0.6) is 0 Å². The molecule has 0 aliphatic heterocycles. The summed E-state index contributed by atoms with van der Waals surface area (Å²) in [5.41, 5.74) is -0.958. The zero-order valence-electron chi connectivity index (χ0n) is 12.8. The second-order valence-corrected chi connectivity index (χ2v) is 5.36. The SMILES string of the molecule is CCCC(C)(C)OO/C(C(=O)O)=C(\C(=O)O)c1ccccc1. The van der Waals surface area contributed by atoms with Crippen molar-refractivity contribution in [2.75, 3.05) is 0 Å². The highest BCUT2D eigenvalue weighted by Crippen LogP contribution is 2.24. The van der Waals surface area contributed by atoms with E-state index in [1.54, 1.807) is 32.0 Å². The topological polar surface area (TPSA) is 93.1 Å². The Kier molecular flexibility index (Phi) is 6.12. The van der Waals surface area contributed by atoms with E-state index in [2.05, 4.69) is 0 Å². The molecule has 0 spiro atoms. The maximum absolute atomic E-state index is 11.4. The molecular formula is C16H20O6. The zero-order valence-corrected chi connectivity index (χ0v) is 12.8. The molecule has 22 heavy (non-hydrogen) atoms. The molecule has 120 valence electrons. The highest BCUT2D eigenvalue weighted by atomic mass is 17.2. The van der Waals surface area contributed by atoms with Gasteiger partial charge in [0.25, 0.3) is 5.76 Å². The number of hydrogen-bond donors (Lipinski definition) is 2. The summed E-state index contributed by atoms with van der Waals surface area (Å²) in [5, 5.41) is 18.6. The average molecular weight is 308 g/mol. The fourth-order valence-corrected chi connectivity index (χ4v) is 1.94. The van der Waals surface area contributed by atoms with E-state index in [9.17, 15) is 19.8 Å². The molecule has 0 fully saturated rings. The van der Waals surface area contributed by atoms with Gasteiger partial charge in [0.1, 0.15) is 11.2 Å². The minimum Gasteiger partial charge on any atom is -0.478 e.